The lowest BCUT2D eigenvalue weighted by molar-refractivity contribution is -0.125. The summed E-state index contributed by atoms with van der Waals surface area (Å²) in [6, 6.07) is 3.64. The molecule has 0 radical (unpaired) electrons. The van der Waals surface area contributed by atoms with E-state index in [-0.39, 0.29) is 5.91 Å². The van der Waals surface area contributed by atoms with E-state index in [9.17, 15) is 4.79 Å². The third kappa shape index (κ3) is 2.82. The molecule has 1 aromatic heterocycles. The number of aromatic nitrogens is 1. The molecular weight excluding hydrogens is 270 g/mol. The van der Waals surface area contributed by atoms with Crippen LogP contribution in [0.25, 0.3) is 0 Å². The summed E-state index contributed by atoms with van der Waals surface area (Å²) < 4.78 is 0. The first kappa shape index (κ1) is 14.9. The van der Waals surface area contributed by atoms with Crippen LogP contribution in [0.2, 0.25) is 0 Å². The van der Waals surface area contributed by atoms with Crippen LogP contribution in [0.5, 0.6) is 0 Å². The number of anilines is 1. The van der Waals surface area contributed by atoms with Crippen molar-refractivity contribution in [2.24, 2.45) is 11.1 Å². The van der Waals surface area contributed by atoms with Crippen molar-refractivity contribution >= 4 is 28.8 Å². The van der Waals surface area contributed by atoms with Gasteiger partial charge in [-0.1, -0.05) is 37.9 Å². The second kappa shape index (κ2) is 6.31. The predicted molar refractivity (Wildman–Crippen MR) is 84.6 cm³/mol. The zero-order chi connectivity index (χ0) is 14.6. The maximum absolute atomic E-state index is 13.0. The minimum atomic E-state index is -0.677. The van der Waals surface area contributed by atoms with E-state index in [2.05, 4.69) is 4.98 Å². The van der Waals surface area contributed by atoms with E-state index in [1.807, 2.05) is 12.1 Å². The molecule has 2 N–H and O–H groups in total. The number of pyridine rings is 1. The first-order chi connectivity index (χ1) is 9.58. The van der Waals surface area contributed by atoms with Gasteiger partial charge in [-0.15, -0.1) is 0 Å². The summed E-state index contributed by atoms with van der Waals surface area (Å²) in [6.07, 6.45) is 9.19. The second-order valence-corrected chi connectivity index (χ2v) is 5.87. The molecule has 1 aromatic rings. The summed E-state index contributed by atoms with van der Waals surface area (Å²) in [4.78, 5) is 18.9. The summed E-state index contributed by atoms with van der Waals surface area (Å²) in [5, 5.41) is 0. The number of carbonyl (C=O) groups excluding carboxylic acids is 1. The molecule has 108 valence electrons. The van der Waals surface area contributed by atoms with Gasteiger partial charge in [-0.25, -0.2) is 0 Å². The van der Waals surface area contributed by atoms with Gasteiger partial charge in [0.2, 0.25) is 5.91 Å². The fourth-order valence-electron chi connectivity index (χ4n) is 2.90. The van der Waals surface area contributed by atoms with Gasteiger partial charge in [0.1, 0.15) is 0 Å². The first-order valence-corrected chi connectivity index (χ1v) is 7.47. The van der Waals surface area contributed by atoms with Gasteiger partial charge in [-0.05, 0) is 25.0 Å². The lowest BCUT2D eigenvalue weighted by atomic mass is 9.78. The molecule has 1 saturated carbocycles. The summed E-state index contributed by atoms with van der Waals surface area (Å²) in [6.45, 7) is 0. The van der Waals surface area contributed by atoms with Crippen LogP contribution in [0.15, 0.2) is 24.5 Å². The molecule has 1 fully saturated rings. The van der Waals surface area contributed by atoms with E-state index in [1.165, 1.54) is 0 Å². The van der Waals surface area contributed by atoms with Crippen LogP contribution in [-0.2, 0) is 4.79 Å². The van der Waals surface area contributed by atoms with Gasteiger partial charge in [0.25, 0.3) is 0 Å². The molecule has 0 bridgehead atoms. The molecule has 4 nitrogen and oxygen atoms in total. The molecular formula is C15H21N3OS. The number of carbonyl (C=O) groups is 1. The third-order valence-corrected chi connectivity index (χ3v) is 4.58. The fourth-order valence-corrected chi connectivity index (χ4v) is 3.20. The fraction of sp³-hybridized carbons (Fsp3) is 0.533. The Balaban J connectivity index is 2.29. The van der Waals surface area contributed by atoms with E-state index < -0.39 is 5.41 Å². The number of thiocarbonyl (C=S) groups is 1. The molecule has 20 heavy (non-hydrogen) atoms. The van der Waals surface area contributed by atoms with Gasteiger partial charge in [0.15, 0.2) is 0 Å². The van der Waals surface area contributed by atoms with Crippen LogP contribution < -0.4 is 10.6 Å². The Labute approximate surface area is 125 Å². The largest absolute Gasteiger partial charge is 0.392 e. The van der Waals surface area contributed by atoms with Crippen LogP contribution in [-0.4, -0.2) is 22.9 Å². The average molecular weight is 291 g/mol. The molecule has 0 aliphatic heterocycles. The van der Waals surface area contributed by atoms with E-state index in [4.69, 9.17) is 18.0 Å². The molecule has 1 heterocycles. The molecule has 0 saturated heterocycles. The maximum atomic E-state index is 13.0. The first-order valence-electron chi connectivity index (χ1n) is 7.06. The Morgan fingerprint density at radius 3 is 2.30 bits per heavy atom. The number of nitrogens with two attached hydrogens (primary N) is 1. The SMILES string of the molecule is CN(C(=O)C1(C(N)=S)CCCCCC1)c1ccncc1. The second-order valence-electron chi connectivity index (χ2n) is 5.43. The Morgan fingerprint density at radius 2 is 1.80 bits per heavy atom. The van der Waals surface area contributed by atoms with E-state index >= 15 is 0 Å². The van der Waals surface area contributed by atoms with E-state index in [1.54, 1.807) is 24.3 Å². The smallest absolute Gasteiger partial charge is 0.239 e. The standard InChI is InChI=1S/C15H21N3OS/c1-18(12-6-10-17-11-7-12)14(19)15(13(16)20)8-4-2-3-5-9-15/h6-7,10-11H,2-5,8-9H2,1H3,(H2,16,20). The minimum Gasteiger partial charge on any atom is -0.392 e. The molecule has 0 aromatic carbocycles. The average Bonchev–Trinajstić information content (AvgIpc) is 2.73. The lowest BCUT2D eigenvalue weighted by Gasteiger charge is -2.34. The van der Waals surface area contributed by atoms with Crippen molar-refractivity contribution in [3.05, 3.63) is 24.5 Å². The van der Waals surface area contributed by atoms with Gasteiger partial charge in [0.05, 0.1) is 10.4 Å². The Hall–Kier alpha value is -1.49. The zero-order valence-electron chi connectivity index (χ0n) is 11.8. The van der Waals surface area contributed by atoms with Crippen molar-refractivity contribution < 1.29 is 4.79 Å². The van der Waals surface area contributed by atoms with Gasteiger partial charge in [0, 0.05) is 25.1 Å². The van der Waals surface area contributed by atoms with Crippen LogP contribution >= 0.6 is 12.2 Å². The van der Waals surface area contributed by atoms with Gasteiger partial charge >= 0.3 is 0 Å². The zero-order valence-corrected chi connectivity index (χ0v) is 12.7. The molecule has 5 heteroatoms. The van der Waals surface area contributed by atoms with Crippen LogP contribution in [0.4, 0.5) is 5.69 Å². The van der Waals surface area contributed by atoms with Gasteiger partial charge < -0.3 is 10.6 Å². The van der Waals surface area contributed by atoms with Crippen molar-refractivity contribution in [2.75, 3.05) is 11.9 Å². The maximum Gasteiger partial charge on any atom is 0.239 e. The molecule has 0 spiro atoms. The predicted octanol–water partition coefficient (Wildman–Crippen LogP) is 2.67. The van der Waals surface area contributed by atoms with Crippen molar-refractivity contribution in [2.45, 2.75) is 38.5 Å². The molecule has 1 aliphatic rings. The molecule has 1 aliphatic carbocycles. The summed E-state index contributed by atoms with van der Waals surface area (Å²) in [5.41, 5.74) is 6.11. The van der Waals surface area contributed by atoms with Gasteiger partial charge in [-0.2, -0.15) is 0 Å². The van der Waals surface area contributed by atoms with Crippen molar-refractivity contribution in [3.63, 3.8) is 0 Å². The molecule has 1 amide bonds. The van der Waals surface area contributed by atoms with Gasteiger partial charge in [-0.3, -0.25) is 9.78 Å². The number of rotatable bonds is 3. The molecule has 0 atom stereocenters. The van der Waals surface area contributed by atoms with Crippen LogP contribution in [0.3, 0.4) is 0 Å². The van der Waals surface area contributed by atoms with Crippen molar-refractivity contribution in [3.8, 4) is 0 Å². The summed E-state index contributed by atoms with van der Waals surface area (Å²) in [5.74, 6) is 0.0121. The van der Waals surface area contributed by atoms with Crippen molar-refractivity contribution in [1.29, 1.82) is 0 Å². The quantitative estimate of drug-likeness (QED) is 0.687. The highest BCUT2D eigenvalue weighted by Gasteiger charge is 2.43. The lowest BCUT2D eigenvalue weighted by Crippen LogP contribution is -2.49. The number of hydrogen-bond donors (Lipinski definition) is 1. The van der Waals surface area contributed by atoms with E-state index in [0.717, 1.165) is 44.2 Å². The summed E-state index contributed by atoms with van der Waals surface area (Å²) in [7, 11) is 1.78. The van der Waals surface area contributed by atoms with Crippen LogP contribution in [0, 0.1) is 5.41 Å². The molecule has 0 unspecified atom stereocenters. The highest BCUT2D eigenvalue weighted by Crippen LogP contribution is 2.38. The highest BCUT2D eigenvalue weighted by molar-refractivity contribution is 7.80. The van der Waals surface area contributed by atoms with E-state index in [0.29, 0.717) is 4.99 Å². The Bertz CT molecular complexity index is 481. The highest BCUT2D eigenvalue weighted by atomic mass is 32.1. The summed E-state index contributed by atoms with van der Waals surface area (Å²) >= 11 is 5.25. The Morgan fingerprint density at radius 1 is 1.25 bits per heavy atom. The number of nitrogens with zero attached hydrogens (tertiary/aromatic N) is 2. The number of hydrogen-bond acceptors (Lipinski definition) is 3. The Kier molecular flexibility index (Phi) is 4.70. The third-order valence-electron chi connectivity index (χ3n) is 4.19. The topological polar surface area (TPSA) is 59.2 Å². The van der Waals surface area contributed by atoms with Crippen molar-refractivity contribution in [1.82, 2.24) is 4.98 Å². The number of amides is 1. The minimum absolute atomic E-state index is 0.0121. The molecule has 2 rings (SSSR count). The monoisotopic (exact) mass is 291 g/mol. The normalized spacial score (nSPS) is 18.1. The van der Waals surface area contributed by atoms with Crippen LogP contribution in [0.1, 0.15) is 38.5 Å².